The Kier molecular flexibility index (Phi) is 10.6. The van der Waals surface area contributed by atoms with Crippen molar-refractivity contribution in [2.24, 2.45) is 22.7 Å². The minimum atomic E-state index is -2.33. The molecule has 4 aliphatic carbocycles. The molecule has 7 unspecified atom stereocenters. The van der Waals surface area contributed by atoms with E-state index in [9.17, 15) is 38.7 Å². The van der Waals surface area contributed by atoms with Crippen LogP contribution in [0, 0.1) is 22.7 Å². The van der Waals surface area contributed by atoms with Crippen LogP contribution in [0.15, 0.2) is 23.8 Å². The lowest BCUT2D eigenvalue weighted by molar-refractivity contribution is -0.226. The topological polar surface area (TPSA) is 228 Å². The fraction of sp³-hybridized carbons (Fsp3) is 0.656. The second-order valence-corrected chi connectivity index (χ2v) is 13.6. The third-order valence-corrected chi connectivity index (χ3v) is 11.0. The van der Waals surface area contributed by atoms with Crippen LogP contribution < -0.4 is 26.6 Å². The highest BCUT2D eigenvalue weighted by Gasteiger charge is 2.79. The van der Waals surface area contributed by atoms with Crippen LogP contribution in [0.4, 0.5) is 8.78 Å². The first-order valence-corrected chi connectivity index (χ1v) is 16.2. The quantitative estimate of drug-likeness (QED) is 0.0643. The molecule has 5 aliphatic rings. The lowest BCUT2D eigenvalue weighted by atomic mass is 9.44. The molecule has 16 nitrogen and oxygen atoms in total. The van der Waals surface area contributed by atoms with Gasteiger partial charge in [0.2, 0.25) is 30.0 Å². The summed E-state index contributed by atoms with van der Waals surface area (Å²) >= 11 is 0. The Morgan fingerprint density at radius 3 is 2.24 bits per heavy atom. The number of amides is 5. The van der Waals surface area contributed by atoms with Gasteiger partial charge >= 0.3 is 0 Å². The van der Waals surface area contributed by atoms with Crippen molar-refractivity contribution in [1.82, 2.24) is 26.6 Å². The summed E-state index contributed by atoms with van der Waals surface area (Å²) in [4.78, 5) is 83.4. The van der Waals surface area contributed by atoms with Crippen molar-refractivity contribution in [1.29, 1.82) is 0 Å². The van der Waals surface area contributed by atoms with E-state index in [2.05, 4.69) is 26.6 Å². The van der Waals surface area contributed by atoms with Gasteiger partial charge < -0.3 is 45.9 Å². The number of fused-ring (bicyclic) bond motifs is 7. The molecule has 5 amide bonds. The molecule has 4 fully saturated rings. The molecule has 0 bridgehead atoms. The van der Waals surface area contributed by atoms with Crippen molar-refractivity contribution in [2.75, 3.05) is 46.3 Å². The van der Waals surface area contributed by atoms with Crippen molar-refractivity contribution in [3.05, 3.63) is 23.8 Å². The first-order valence-electron chi connectivity index (χ1n) is 16.2. The number of allylic oxidation sites excluding steroid dienone is 4. The smallest absolute Gasteiger partial charge is 0.241 e. The van der Waals surface area contributed by atoms with Crippen molar-refractivity contribution in [3.8, 4) is 0 Å². The monoisotopic (exact) mass is 709 g/mol. The Morgan fingerprint density at radius 2 is 1.60 bits per heavy atom. The van der Waals surface area contributed by atoms with Crippen LogP contribution in [0.3, 0.4) is 0 Å². The number of alkyl halides is 2. The lowest BCUT2D eigenvalue weighted by Crippen LogP contribution is -2.70. The largest absolute Gasteiger partial charge is 0.390 e. The van der Waals surface area contributed by atoms with Gasteiger partial charge in [0.25, 0.3) is 0 Å². The van der Waals surface area contributed by atoms with Gasteiger partial charge in [0.05, 0.1) is 38.4 Å². The summed E-state index contributed by atoms with van der Waals surface area (Å²) in [5.74, 6) is -5.34. The Labute approximate surface area is 285 Å². The van der Waals surface area contributed by atoms with Crippen LogP contribution >= 0.6 is 0 Å². The fourth-order valence-electron chi connectivity index (χ4n) is 8.71. The van der Waals surface area contributed by atoms with Crippen LogP contribution in [0.2, 0.25) is 0 Å². The molecule has 6 N–H and O–H groups in total. The third kappa shape index (κ3) is 6.22. The zero-order valence-electron chi connectivity index (χ0n) is 27.6. The van der Waals surface area contributed by atoms with E-state index in [1.165, 1.54) is 19.1 Å². The van der Waals surface area contributed by atoms with Crippen molar-refractivity contribution in [3.63, 3.8) is 0 Å². The van der Waals surface area contributed by atoms with Crippen molar-refractivity contribution in [2.45, 2.75) is 62.8 Å². The van der Waals surface area contributed by atoms with Crippen LogP contribution in [0.5, 0.6) is 0 Å². The summed E-state index contributed by atoms with van der Waals surface area (Å²) in [6.45, 7) is 0.274. The van der Waals surface area contributed by atoms with Crippen LogP contribution in [-0.2, 0) is 47.8 Å². The number of rotatable bonds is 14. The molecular formula is C32H41F2N5O11. The Hall–Kier alpha value is -4.13. The molecular weight excluding hydrogens is 668 g/mol. The number of nitrogens with one attached hydrogen (secondary N) is 5. The second-order valence-electron chi connectivity index (χ2n) is 13.6. The van der Waals surface area contributed by atoms with Gasteiger partial charge in [-0.25, -0.2) is 8.78 Å². The van der Waals surface area contributed by atoms with Gasteiger partial charge in [-0.2, -0.15) is 0 Å². The van der Waals surface area contributed by atoms with Crippen LogP contribution in [-0.4, -0.2) is 123 Å². The standard InChI is InChI=1S/C32H41F2N5O11/c1-29-4-3-17(41)5-20(29)21(33)6-19-18-7-24-32(50-16-49-24,30(18,2)8-22(42)31(19,29)34)23(43)13-48-15-39-28(47)12-38-27(46)11-37-26(45)10-36-25(44)9-35-14-40/h3-5,14,18-19,21-22,24,42H,6-13,15-16H2,1-2H3,(H,35,40)(H,36,44)(H,37,45)(H,38,46)(H,39,47)/t18?,19?,21-,22?,24?,29?,30?,31-,32?/m0/s1. The molecule has 0 aromatic rings. The number of hydrogen-bond acceptors (Lipinski definition) is 11. The van der Waals surface area contributed by atoms with Gasteiger partial charge in [-0.15, -0.1) is 0 Å². The molecule has 0 radical (unpaired) electrons. The highest BCUT2D eigenvalue weighted by atomic mass is 19.1. The summed E-state index contributed by atoms with van der Waals surface area (Å²) < 4.78 is 50.4. The molecule has 274 valence electrons. The maximum atomic E-state index is 17.4. The number of aliphatic hydroxyl groups is 1. The molecule has 9 atom stereocenters. The molecule has 1 aliphatic heterocycles. The van der Waals surface area contributed by atoms with E-state index < -0.39 is 120 Å². The van der Waals surface area contributed by atoms with Gasteiger partial charge in [0.15, 0.2) is 22.8 Å². The Balaban J connectivity index is 1.13. The average Bonchev–Trinajstić information content (AvgIpc) is 3.62. The van der Waals surface area contributed by atoms with Crippen LogP contribution in [0.25, 0.3) is 0 Å². The summed E-state index contributed by atoms with van der Waals surface area (Å²) in [5.41, 5.74) is -6.73. The van der Waals surface area contributed by atoms with E-state index in [4.69, 9.17) is 14.2 Å². The zero-order chi connectivity index (χ0) is 36.5. The third-order valence-electron chi connectivity index (χ3n) is 11.0. The summed E-state index contributed by atoms with van der Waals surface area (Å²) in [7, 11) is 0. The minimum absolute atomic E-state index is 0.00581. The Morgan fingerprint density at radius 1 is 0.980 bits per heavy atom. The van der Waals surface area contributed by atoms with E-state index in [-0.39, 0.29) is 38.2 Å². The van der Waals surface area contributed by atoms with Gasteiger partial charge in [0.1, 0.15) is 26.3 Å². The van der Waals surface area contributed by atoms with E-state index in [1.54, 1.807) is 6.92 Å². The highest BCUT2D eigenvalue weighted by molar-refractivity contribution is 6.01. The number of carbonyl (C=O) groups is 7. The number of hydrogen-bond donors (Lipinski definition) is 6. The Bertz CT molecular complexity index is 1510. The first-order chi connectivity index (χ1) is 23.6. The molecule has 0 spiro atoms. The molecule has 18 heteroatoms. The van der Waals surface area contributed by atoms with Crippen LogP contribution in [0.1, 0.15) is 33.1 Å². The zero-order valence-corrected chi connectivity index (χ0v) is 27.6. The van der Waals surface area contributed by atoms with E-state index >= 15 is 8.78 Å². The average molecular weight is 710 g/mol. The van der Waals surface area contributed by atoms with E-state index in [0.717, 1.165) is 6.08 Å². The molecule has 50 heavy (non-hydrogen) atoms. The second kappa shape index (κ2) is 14.2. The number of Topliss-reactive ketones (excluding diaryl/α,β-unsaturated/α-hetero) is 1. The summed E-state index contributed by atoms with van der Waals surface area (Å²) in [6.07, 6.45) is -0.471. The van der Waals surface area contributed by atoms with Crippen molar-refractivity contribution < 1.29 is 61.7 Å². The molecule has 3 saturated carbocycles. The van der Waals surface area contributed by atoms with Gasteiger partial charge in [0, 0.05) is 16.7 Å². The number of ether oxygens (including phenoxy) is 3. The predicted molar refractivity (Wildman–Crippen MR) is 165 cm³/mol. The minimum Gasteiger partial charge on any atom is -0.390 e. The summed E-state index contributed by atoms with van der Waals surface area (Å²) in [5, 5.41) is 22.8. The van der Waals surface area contributed by atoms with Gasteiger partial charge in [-0.05, 0) is 49.8 Å². The van der Waals surface area contributed by atoms with Gasteiger partial charge in [-0.3, -0.25) is 33.6 Å². The van der Waals surface area contributed by atoms with Crippen molar-refractivity contribution >= 4 is 41.6 Å². The number of carbonyl (C=O) groups excluding carboxylic acids is 7. The normalized spacial score (nSPS) is 36.5. The number of aliphatic hydroxyl groups excluding tert-OH is 1. The van der Waals surface area contributed by atoms with E-state index in [0.29, 0.717) is 6.41 Å². The fourth-order valence-corrected chi connectivity index (χ4v) is 8.71. The molecule has 1 saturated heterocycles. The van der Waals surface area contributed by atoms with Gasteiger partial charge in [-0.1, -0.05) is 13.0 Å². The maximum absolute atomic E-state index is 17.4. The predicted octanol–water partition coefficient (Wildman–Crippen LogP) is -2.22. The summed E-state index contributed by atoms with van der Waals surface area (Å²) in [6, 6.07) is 0. The molecule has 1 heterocycles. The van der Waals surface area contributed by atoms with E-state index in [1.807, 2.05) is 0 Å². The lowest BCUT2D eigenvalue weighted by Gasteiger charge is -2.63. The first kappa shape index (κ1) is 37.1. The molecule has 0 aromatic heterocycles. The molecule has 0 aromatic carbocycles. The number of halogens is 2. The highest BCUT2D eigenvalue weighted by Crippen LogP contribution is 2.71. The number of ketones is 2. The SMILES string of the molecule is CC12CC(O)[C@@]3(F)C(C[C@H](F)C4=CC(=O)C=CC43C)C1CC1OCOC12C(=O)COCNC(=O)CNC(=O)CNC(=O)CNC(=O)CNC=O. The maximum Gasteiger partial charge on any atom is 0.241 e. The molecule has 5 rings (SSSR count).